The van der Waals surface area contributed by atoms with E-state index in [1.54, 1.807) is 30.2 Å². The molecule has 1 heterocycles. The number of benzene rings is 2. The molecule has 0 atom stereocenters. The number of amidine groups is 1. The Morgan fingerprint density at radius 2 is 1.94 bits per heavy atom. The lowest BCUT2D eigenvalue weighted by atomic mass is 10.2. The minimum Gasteiger partial charge on any atom is -0.493 e. The van der Waals surface area contributed by atoms with Crippen molar-refractivity contribution in [2.75, 3.05) is 41.1 Å². The van der Waals surface area contributed by atoms with Crippen LogP contribution in [0.25, 0.3) is 6.08 Å². The molecule has 1 saturated heterocycles. The van der Waals surface area contributed by atoms with E-state index in [1.165, 1.54) is 26.0 Å². The van der Waals surface area contributed by atoms with Crippen molar-refractivity contribution in [2.45, 2.75) is 0 Å². The van der Waals surface area contributed by atoms with E-state index in [9.17, 15) is 9.59 Å². The Morgan fingerprint density at radius 3 is 2.61 bits per heavy atom. The van der Waals surface area contributed by atoms with Crippen molar-refractivity contribution in [3.63, 3.8) is 0 Å². The lowest BCUT2D eigenvalue weighted by Crippen LogP contribution is -2.32. The number of esters is 1. The number of hydrogen-bond donors (Lipinski definition) is 0. The number of ether oxygens (including phenoxy) is 4. The van der Waals surface area contributed by atoms with Crippen LogP contribution in [0.15, 0.2) is 56.8 Å². The Balaban J connectivity index is 1.91. The van der Waals surface area contributed by atoms with Gasteiger partial charge in [0.1, 0.15) is 0 Å². The van der Waals surface area contributed by atoms with E-state index in [2.05, 4.69) is 25.7 Å². The maximum Gasteiger partial charge on any atom is 0.343 e. The number of rotatable bonds is 9. The van der Waals surface area contributed by atoms with Crippen LogP contribution in [0.4, 0.5) is 5.69 Å². The van der Waals surface area contributed by atoms with Gasteiger partial charge in [0.2, 0.25) is 0 Å². The second-order valence-electron chi connectivity index (χ2n) is 6.69. The minimum absolute atomic E-state index is 0.159. The van der Waals surface area contributed by atoms with E-state index in [4.69, 9.17) is 14.2 Å². The normalized spacial score (nSPS) is 15.9. The van der Waals surface area contributed by atoms with Crippen molar-refractivity contribution in [3.05, 3.63) is 57.4 Å². The highest BCUT2D eigenvalue weighted by Gasteiger charge is 2.33. The molecule has 10 heteroatoms. The monoisotopic (exact) mass is 534 g/mol. The topological polar surface area (TPSA) is 86.7 Å². The fourth-order valence-electron chi connectivity index (χ4n) is 2.89. The molecule has 0 aliphatic carbocycles. The molecule has 0 unspecified atom stereocenters. The second kappa shape index (κ2) is 11.9. The first-order chi connectivity index (χ1) is 16.0. The molecular formula is C23H23BrN2O6S. The maximum absolute atomic E-state index is 13.1. The quantitative estimate of drug-likeness (QED) is 0.350. The van der Waals surface area contributed by atoms with Gasteiger partial charge < -0.3 is 18.9 Å². The number of hydrogen-bond acceptors (Lipinski definition) is 8. The fraction of sp³-hybridized carbons (Fsp3) is 0.261. The summed E-state index contributed by atoms with van der Waals surface area (Å²) in [7, 11) is 4.37. The minimum atomic E-state index is -0.510. The van der Waals surface area contributed by atoms with Crippen LogP contribution < -0.4 is 9.47 Å². The number of aliphatic imine (C=N–C) groups is 1. The van der Waals surface area contributed by atoms with Crippen LogP contribution in [0.1, 0.15) is 5.56 Å². The van der Waals surface area contributed by atoms with Gasteiger partial charge in [0.15, 0.2) is 23.3 Å². The zero-order valence-electron chi connectivity index (χ0n) is 18.4. The molecule has 1 aliphatic rings. The van der Waals surface area contributed by atoms with Gasteiger partial charge >= 0.3 is 5.97 Å². The van der Waals surface area contributed by atoms with Gasteiger partial charge in [0, 0.05) is 7.11 Å². The van der Waals surface area contributed by atoms with Crippen LogP contribution in [-0.2, 0) is 19.1 Å². The fourth-order valence-corrected chi connectivity index (χ4v) is 4.49. The van der Waals surface area contributed by atoms with Gasteiger partial charge in [-0.2, -0.15) is 0 Å². The molecule has 3 rings (SSSR count). The summed E-state index contributed by atoms with van der Waals surface area (Å²) in [6, 6.07) is 13.0. The van der Waals surface area contributed by atoms with Crippen LogP contribution in [-0.4, -0.2) is 63.0 Å². The van der Waals surface area contributed by atoms with E-state index < -0.39 is 5.97 Å². The summed E-state index contributed by atoms with van der Waals surface area (Å²) in [5.74, 6) is 0.103. The van der Waals surface area contributed by atoms with Gasteiger partial charge in [-0.3, -0.25) is 9.69 Å². The van der Waals surface area contributed by atoms with Crippen LogP contribution in [0.2, 0.25) is 0 Å². The second-order valence-corrected chi connectivity index (χ2v) is 8.55. The first kappa shape index (κ1) is 24.8. The molecule has 1 aliphatic heterocycles. The third-order valence-electron chi connectivity index (χ3n) is 4.50. The van der Waals surface area contributed by atoms with Gasteiger partial charge in [-0.05, 0) is 63.6 Å². The number of amides is 1. The zero-order valence-corrected chi connectivity index (χ0v) is 20.8. The average molecular weight is 535 g/mol. The first-order valence-corrected chi connectivity index (χ1v) is 11.5. The van der Waals surface area contributed by atoms with Crippen molar-refractivity contribution in [3.8, 4) is 11.5 Å². The number of thioether (sulfide) groups is 1. The summed E-state index contributed by atoms with van der Waals surface area (Å²) in [5.41, 5.74) is 1.47. The summed E-state index contributed by atoms with van der Waals surface area (Å²) in [6.07, 6.45) is 1.76. The molecule has 0 N–H and O–H groups in total. The first-order valence-electron chi connectivity index (χ1n) is 9.88. The number of methoxy groups -OCH3 is 3. The van der Waals surface area contributed by atoms with Crippen molar-refractivity contribution >= 4 is 56.5 Å². The largest absolute Gasteiger partial charge is 0.493 e. The molecular weight excluding hydrogens is 512 g/mol. The Morgan fingerprint density at radius 1 is 1.18 bits per heavy atom. The Hall–Kier alpha value is -2.82. The van der Waals surface area contributed by atoms with Crippen molar-refractivity contribution in [1.29, 1.82) is 0 Å². The zero-order chi connectivity index (χ0) is 23.8. The van der Waals surface area contributed by atoms with Gasteiger partial charge in [-0.15, -0.1) is 0 Å². The van der Waals surface area contributed by atoms with E-state index >= 15 is 0 Å². The van der Waals surface area contributed by atoms with Crippen molar-refractivity contribution in [1.82, 2.24) is 4.90 Å². The third kappa shape index (κ3) is 6.37. The molecule has 174 valence electrons. The van der Waals surface area contributed by atoms with Crippen molar-refractivity contribution < 1.29 is 28.5 Å². The molecule has 1 amide bonds. The predicted molar refractivity (Wildman–Crippen MR) is 131 cm³/mol. The molecule has 1 fully saturated rings. The van der Waals surface area contributed by atoms with E-state index in [0.29, 0.717) is 44.8 Å². The number of carbonyl (C=O) groups is 2. The summed E-state index contributed by atoms with van der Waals surface area (Å²) in [4.78, 5) is 31.3. The maximum atomic E-state index is 13.1. The van der Waals surface area contributed by atoms with Gasteiger partial charge in [0.05, 0.1) is 42.4 Å². The molecule has 8 nitrogen and oxygen atoms in total. The molecule has 2 aromatic carbocycles. The van der Waals surface area contributed by atoms with Crippen LogP contribution in [0.3, 0.4) is 0 Å². The van der Waals surface area contributed by atoms with Crippen LogP contribution in [0.5, 0.6) is 11.5 Å². The standard InChI is InChI=1S/C23H23BrN2O6S/c1-29-10-9-26-22(28)19(33-23(26)25-16-7-5-4-6-8-16)13-15-11-17(24)21(18(12-15)30-2)32-14-20(27)31-3/h4-8,11-13H,9-10,14H2,1-3H3/b19-13-,25-23?. The lowest BCUT2D eigenvalue weighted by Gasteiger charge is -2.14. The van der Waals surface area contributed by atoms with E-state index in [1.807, 2.05) is 30.3 Å². The summed E-state index contributed by atoms with van der Waals surface area (Å²) in [5, 5.41) is 0.582. The third-order valence-corrected chi connectivity index (χ3v) is 6.10. The number of para-hydroxylation sites is 1. The van der Waals surface area contributed by atoms with Gasteiger partial charge in [-0.25, -0.2) is 9.79 Å². The molecule has 33 heavy (non-hydrogen) atoms. The molecule has 0 bridgehead atoms. The van der Waals surface area contributed by atoms with E-state index in [0.717, 1.165) is 5.69 Å². The summed E-state index contributed by atoms with van der Waals surface area (Å²) in [6.45, 7) is 0.520. The Bertz CT molecular complexity index is 1070. The average Bonchev–Trinajstić information content (AvgIpc) is 3.10. The predicted octanol–water partition coefficient (Wildman–Crippen LogP) is 4.26. The number of carbonyl (C=O) groups excluding carboxylic acids is 2. The van der Waals surface area contributed by atoms with Gasteiger partial charge in [0.25, 0.3) is 5.91 Å². The Kier molecular flexibility index (Phi) is 8.93. The molecule has 0 radical (unpaired) electrons. The summed E-state index contributed by atoms with van der Waals surface area (Å²) < 4.78 is 21.3. The van der Waals surface area contributed by atoms with E-state index in [-0.39, 0.29) is 12.5 Å². The lowest BCUT2D eigenvalue weighted by molar-refractivity contribution is -0.143. The highest BCUT2D eigenvalue weighted by atomic mass is 79.9. The molecule has 2 aromatic rings. The highest BCUT2D eigenvalue weighted by molar-refractivity contribution is 9.10. The summed E-state index contributed by atoms with van der Waals surface area (Å²) >= 11 is 4.74. The smallest absolute Gasteiger partial charge is 0.343 e. The SMILES string of the molecule is COCCN1C(=O)/C(=C/c2cc(Br)c(OCC(=O)OC)c(OC)c2)SC1=Nc1ccccc1. The molecule has 0 aromatic heterocycles. The van der Waals surface area contributed by atoms with Crippen molar-refractivity contribution in [2.24, 2.45) is 4.99 Å². The van der Waals surface area contributed by atoms with Crippen LogP contribution >= 0.6 is 27.7 Å². The molecule has 0 spiro atoms. The number of nitrogens with zero attached hydrogens (tertiary/aromatic N) is 2. The Labute approximate surface area is 204 Å². The molecule has 0 saturated carbocycles. The highest BCUT2D eigenvalue weighted by Crippen LogP contribution is 2.39. The van der Waals surface area contributed by atoms with Gasteiger partial charge in [-0.1, -0.05) is 18.2 Å². The van der Waals surface area contributed by atoms with Crippen LogP contribution in [0, 0.1) is 0 Å². The number of halogens is 1.